The predicted molar refractivity (Wildman–Crippen MR) is 153 cm³/mol. The molecule has 212 valence electrons. The third kappa shape index (κ3) is 5.99. The lowest BCUT2D eigenvalue weighted by molar-refractivity contribution is -0.162. The Morgan fingerprint density at radius 3 is 2.31 bits per heavy atom. The van der Waals surface area contributed by atoms with Crippen LogP contribution < -0.4 is 4.72 Å². The van der Waals surface area contributed by atoms with Crippen LogP contribution in [0.2, 0.25) is 10.0 Å². The van der Waals surface area contributed by atoms with E-state index in [0.29, 0.717) is 42.1 Å². The summed E-state index contributed by atoms with van der Waals surface area (Å²) in [5, 5.41) is 11.0. The van der Waals surface area contributed by atoms with Crippen LogP contribution in [-0.4, -0.2) is 47.6 Å². The second kappa shape index (κ2) is 11.4. The van der Waals surface area contributed by atoms with E-state index in [0.717, 1.165) is 11.1 Å². The van der Waals surface area contributed by atoms with Crippen molar-refractivity contribution in [2.24, 2.45) is 5.41 Å². The minimum atomic E-state index is -3.58. The number of nitrogens with one attached hydrogen (secondary N) is 1. The van der Waals surface area contributed by atoms with Crippen molar-refractivity contribution in [2.45, 2.75) is 82.0 Å². The zero-order valence-corrected chi connectivity index (χ0v) is 24.8. The van der Waals surface area contributed by atoms with Gasteiger partial charge in [0.05, 0.1) is 22.6 Å². The molecule has 10 heteroatoms. The molecule has 1 aliphatic carbocycles. The number of hydrogen-bond acceptors (Lipinski definition) is 4. The van der Waals surface area contributed by atoms with Gasteiger partial charge in [0.1, 0.15) is 0 Å². The Morgan fingerprint density at radius 1 is 1.10 bits per heavy atom. The maximum absolute atomic E-state index is 14.5. The first-order valence-corrected chi connectivity index (χ1v) is 15.6. The first-order valence-electron chi connectivity index (χ1n) is 13.4. The maximum Gasteiger partial charge on any atom is 0.304 e. The SMILES string of the molecule is CCC(CNS(=O)(=O)C1(C)CC1)N1C(=O)C(CC)(CC(=O)O)CC(c2cccc(Cl)c2)C1c1ccc(Cl)cc1. The summed E-state index contributed by atoms with van der Waals surface area (Å²) in [6.45, 7) is 5.52. The minimum Gasteiger partial charge on any atom is -0.481 e. The van der Waals surface area contributed by atoms with Crippen molar-refractivity contribution in [3.63, 3.8) is 0 Å². The standard InChI is InChI=1S/C29H36Cl2N2O5S/c1-4-23(18-32-39(37,38)28(3)13-14-28)33-26(19-9-11-21(30)12-10-19)24(20-7-6-8-22(31)15-20)16-29(5-2,27(33)36)17-25(34)35/h6-12,15,23-24,26,32H,4-5,13-14,16-18H2,1-3H3,(H,34,35). The van der Waals surface area contributed by atoms with Gasteiger partial charge in [-0.1, -0.05) is 61.3 Å². The van der Waals surface area contributed by atoms with Gasteiger partial charge in [-0.25, -0.2) is 13.1 Å². The summed E-state index contributed by atoms with van der Waals surface area (Å²) in [4.78, 5) is 28.3. The van der Waals surface area contributed by atoms with E-state index >= 15 is 0 Å². The topological polar surface area (TPSA) is 104 Å². The van der Waals surface area contributed by atoms with Crippen molar-refractivity contribution in [2.75, 3.05) is 6.54 Å². The number of carbonyl (C=O) groups excluding carboxylic acids is 1. The number of hydrogen-bond donors (Lipinski definition) is 2. The molecule has 1 amide bonds. The number of aliphatic carboxylic acids is 1. The molecular weight excluding hydrogens is 559 g/mol. The highest BCUT2D eigenvalue weighted by Gasteiger charge is 2.54. The van der Waals surface area contributed by atoms with Gasteiger partial charge in [0, 0.05) is 28.5 Å². The Labute approximate surface area is 240 Å². The molecule has 0 radical (unpaired) electrons. The van der Waals surface area contributed by atoms with E-state index in [1.807, 2.05) is 44.2 Å². The monoisotopic (exact) mass is 594 g/mol. The molecule has 1 saturated carbocycles. The second-order valence-electron chi connectivity index (χ2n) is 11.1. The van der Waals surface area contributed by atoms with Gasteiger partial charge in [-0.3, -0.25) is 9.59 Å². The number of benzene rings is 2. The zero-order valence-electron chi connectivity index (χ0n) is 22.5. The Hall–Kier alpha value is -2.13. The lowest BCUT2D eigenvalue weighted by Gasteiger charge is -2.52. The molecule has 39 heavy (non-hydrogen) atoms. The normalized spacial score (nSPS) is 25.4. The number of carboxylic acids is 1. The van der Waals surface area contributed by atoms with E-state index in [4.69, 9.17) is 23.2 Å². The third-order valence-corrected chi connectivity index (χ3v) is 11.4. The van der Waals surface area contributed by atoms with Crippen molar-refractivity contribution >= 4 is 45.1 Å². The number of nitrogens with zero attached hydrogens (tertiary/aromatic N) is 1. The number of piperidine rings is 1. The molecule has 4 rings (SSSR count). The summed E-state index contributed by atoms with van der Waals surface area (Å²) in [6, 6.07) is 13.8. The fourth-order valence-electron chi connectivity index (χ4n) is 5.82. The molecule has 2 aromatic carbocycles. The zero-order chi connectivity index (χ0) is 28.6. The van der Waals surface area contributed by atoms with Crippen LogP contribution in [0, 0.1) is 5.41 Å². The predicted octanol–water partition coefficient (Wildman–Crippen LogP) is 6.17. The number of carboxylic acid groups (broad SMARTS) is 1. The fraction of sp³-hybridized carbons (Fsp3) is 0.517. The molecule has 1 saturated heterocycles. The van der Waals surface area contributed by atoms with E-state index in [1.54, 1.807) is 30.0 Å². The number of rotatable bonds is 11. The van der Waals surface area contributed by atoms with E-state index in [-0.39, 0.29) is 24.8 Å². The molecule has 0 aromatic heterocycles. The molecule has 0 spiro atoms. The van der Waals surface area contributed by atoms with Gasteiger partial charge in [-0.15, -0.1) is 0 Å². The molecule has 7 nitrogen and oxygen atoms in total. The largest absolute Gasteiger partial charge is 0.481 e. The number of carbonyl (C=O) groups is 2. The fourth-order valence-corrected chi connectivity index (χ4v) is 7.54. The summed E-state index contributed by atoms with van der Waals surface area (Å²) in [7, 11) is -3.58. The van der Waals surface area contributed by atoms with Gasteiger partial charge >= 0.3 is 5.97 Å². The molecule has 4 unspecified atom stereocenters. The van der Waals surface area contributed by atoms with Gasteiger partial charge in [0.15, 0.2) is 0 Å². The maximum atomic E-state index is 14.5. The van der Waals surface area contributed by atoms with Crippen molar-refractivity contribution in [3.8, 4) is 0 Å². The van der Waals surface area contributed by atoms with E-state index in [1.165, 1.54) is 0 Å². The van der Waals surface area contributed by atoms with Crippen LogP contribution in [0.4, 0.5) is 0 Å². The number of halogens is 2. The van der Waals surface area contributed by atoms with E-state index < -0.39 is 38.2 Å². The van der Waals surface area contributed by atoms with Gasteiger partial charge in [-0.2, -0.15) is 0 Å². The quantitative estimate of drug-likeness (QED) is 0.323. The van der Waals surface area contributed by atoms with Crippen LogP contribution >= 0.6 is 23.2 Å². The molecule has 2 N–H and O–H groups in total. The minimum absolute atomic E-state index is 0.0411. The van der Waals surface area contributed by atoms with Crippen LogP contribution in [0.25, 0.3) is 0 Å². The smallest absolute Gasteiger partial charge is 0.304 e. The van der Waals surface area contributed by atoms with Crippen LogP contribution in [0.5, 0.6) is 0 Å². The first-order chi connectivity index (χ1) is 18.4. The third-order valence-electron chi connectivity index (χ3n) is 8.61. The molecule has 1 heterocycles. The Balaban J connectivity index is 1.86. The highest BCUT2D eigenvalue weighted by molar-refractivity contribution is 7.91. The van der Waals surface area contributed by atoms with Gasteiger partial charge in [0.2, 0.25) is 15.9 Å². The van der Waals surface area contributed by atoms with Crippen LogP contribution in [-0.2, 0) is 19.6 Å². The molecular formula is C29H36Cl2N2O5S. The van der Waals surface area contributed by atoms with Crippen LogP contribution in [0.15, 0.2) is 48.5 Å². The van der Waals surface area contributed by atoms with Crippen molar-refractivity contribution < 1.29 is 23.1 Å². The van der Waals surface area contributed by atoms with Crippen molar-refractivity contribution in [1.29, 1.82) is 0 Å². The van der Waals surface area contributed by atoms with E-state index in [2.05, 4.69) is 4.72 Å². The highest BCUT2D eigenvalue weighted by Crippen LogP contribution is 2.53. The van der Waals surface area contributed by atoms with E-state index in [9.17, 15) is 23.1 Å². The lowest BCUT2D eigenvalue weighted by Crippen LogP contribution is -2.59. The highest BCUT2D eigenvalue weighted by atomic mass is 35.5. The summed E-state index contributed by atoms with van der Waals surface area (Å²) in [5.74, 6) is -1.60. The average Bonchev–Trinajstić information content (AvgIpc) is 3.65. The Morgan fingerprint density at radius 2 is 1.77 bits per heavy atom. The molecule has 4 atom stereocenters. The van der Waals surface area contributed by atoms with Crippen LogP contribution in [0.1, 0.15) is 82.4 Å². The van der Waals surface area contributed by atoms with Gasteiger partial charge in [0.25, 0.3) is 0 Å². The molecule has 0 bridgehead atoms. The molecule has 1 aliphatic heterocycles. The molecule has 2 fully saturated rings. The Bertz CT molecular complexity index is 1330. The number of amides is 1. The summed E-state index contributed by atoms with van der Waals surface area (Å²) < 4.78 is 28.0. The van der Waals surface area contributed by atoms with Gasteiger partial charge in [-0.05, 0) is 74.4 Å². The summed E-state index contributed by atoms with van der Waals surface area (Å²) in [5.41, 5.74) is 0.577. The summed E-state index contributed by atoms with van der Waals surface area (Å²) in [6.07, 6.45) is 2.01. The first kappa shape index (κ1) is 29.8. The average molecular weight is 596 g/mol. The lowest BCUT2D eigenvalue weighted by atomic mass is 9.65. The van der Waals surface area contributed by atoms with Crippen LogP contribution in [0.3, 0.4) is 0 Å². The number of likely N-dealkylation sites (tertiary alicyclic amines) is 1. The van der Waals surface area contributed by atoms with Crippen molar-refractivity contribution in [3.05, 3.63) is 69.7 Å². The molecule has 2 aliphatic rings. The summed E-state index contributed by atoms with van der Waals surface area (Å²) >= 11 is 12.6. The van der Waals surface area contributed by atoms with Gasteiger partial charge < -0.3 is 10.0 Å². The number of sulfonamides is 1. The molecule has 2 aromatic rings. The Kier molecular flexibility index (Phi) is 8.72. The van der Waals surface area contributed by atoms with Crippen molar-refractivity contribution in [1.82, 2.24) is 9.62 Å². The second-order valence-corrected chi connectivity index (χ2v) is 14.3.